The summed E-state index contributed by atoms with van der Waals surface area (Å²) < 4.78 is 11.6. The Bertz CT molecular complexity index is 652. The smallest absolute Gasteiger partial charge is 0.154 e. The summed E-state index contributed by atoms with van der Waals surface area (Å²) in [4.78, 5) is 0. The molecular weight excluding hydrogens is 262 g/mol. The van der Waals surface area contributed by atoms with Crippen LogP contribution in [0, 0.1) is 0 Å². The Kier molecular flexibility index (Phi) is 3.74. The zero-order chi connectivity index (χ0) is 14.5. The van der Waals surface area contributed by atoms with E-state index in [-0.39, 0.29) is 0 Å². The highest BCUT2D eigenvalue weighted by molar-refractivity contribution is 5.64. The number of nitrogen functional groups attached to an aromatic ring is 1. The number of ether oxygens (including phenoxy) is 2. The minimum atomic E-state index is 0.477. The van der Waals surface area contributed by atoms with Gasteiger partial charge in [-0.05, 0) is 36.4 Å². The molecule has 0 aliphatic heterocycles. The minimum absolute atomic E-state index is 0.477. The van der Waals surface area contributed by atoms with Crippen molar-refractivity contribution in [3.05, 3.63) is 78.9 Å². The van der Waals surface area contributed by atoms with Crippen molar-refractivity contribution in [3.63, 3.8) is 0 Å². The van der Waals surface area contributed by atoms with Crippen LogP contribution in [0.5, 0.6) is 23.0 Å². The molecule has 3 rings (SSSR count). The van der Waals surface area contributed by atoms with E-state index in [4.69, 9.17) is 15.2 Å². The molecule has 0 bridgehead atoms. The molecule has 3 aromatic rings. The quantitative estimate of drug-likeness (QED) is 0.693. The standard InChI is InChI=1S/C18H15NO2/c19-18-16(20-14-8-3-1-4-9-14)12-7-13-17(18)21-15-10-5-2-6-11-15/h1-13H,19H2. The van der Waals surface area contributed by atoms with Crippen molar-refractivity contribution < 1.29 is 9.47 Å². The van der Waals surface area contributed by atoms with Gasteiger partial charge in [-0.25, -0.2) is 0 Å². The van der Waals surface area contributed by atoms with Gasteiger partial charge in [0.15, 0.2) is 11.5 Å². The molecule has 0 radical (unpaired) electrons. The van der Waals surface area contributed by atoms with Gasteiger partial charge >= 0.3 is 0 Å². The van der Waals surface area contributed by atoms with Crippen molar-refractivity contribution >= 4 is 5.69 Å². The van der Waals surface area contributed by atoms with Crippen molar-refractivity contribution in [2.24, 2.45) is 0 Å². The van der Waals surface area contributed by atoms with Crippen LogP contribution in [0.2, 0.25) is 0 Å². The number of hydrogen-bond donors (Lipinski definition) is 1. The van der Waals surface area contributed by atoms with Gasteiger partial charge < -0.3 is 15.2 Å². The first-order chi connectivity index (χ1) is 10.3. The lowest BCUT2D eigenvalue weighted by molar-refractivity contribution is 0.465. The van der Waals surface area contributed by atoms with E-state index in [0.717, 1.165) is 11.5 Å². The van der Waals surface area contributed by atoms with Gasteiger partial charge in [0.2, 0.25) is 0 Å². The van der Waals surface area contributed by atoms with Gasteiger partial charge in [0, 0.05) is 0 Å². The predicted molar refractivity (Wildman–Crippen MR) is 83.9 cm³/mol. The Balaban J connectivity index is 1.85. The summed E-state index contributed by atoms with van der Waals surface area (Å²) in [5, 5.41) is 0. The molecular formula is C18H15NO2. The summed E-state index contributed by atoms with van der Waals surface area (Å²) in [7, 11) is 0. The second-order valence-electron chi connectivity index (χ2n) is 4.50. The Morgan fingerprint density at radius 1 is 0.524 bits per heavy atom. The molecule has 2 N–H and O–H groups in total. The summed E-state index contributed by atoms with van der Waals surface area (Å²) in [6, 6.07) is 24.5. The van der Waals surface area contributed by atoms with E-state index < -0.39 is 0 Å². The fourth-order valence-corrected chi connectivity index (χ4v) is 1.93. The first kappa shape index (κ1) is 13.1. The third-order valence-electron chi connectivity index (χ3n) is 2.97. The highest BCUT2D eigenvalue weighted by atomic mass is 16.5. The van der Waals surface area contributed by atoms with Crippen LogP contribution in [0.15, 0.2) is 78.9 Å². The first-order valence-electron chi connectivity index (χ1n) is 6.67. The number of hydrogen-bond acceptors (Lipinski definition) is 3. The van der Waals surface area contributed by atoms with E-state index in [9.17, 15) is 0 Å². The molecule has 0 spiro atoms. The topological polar surface area (TPSA) is 44.5 Å². The van der Waals surface area contributed by atoms with Gasteiger partial charge in [-0.1, -0.05) is 42.5 Å². The van der Waals surface area contributed by atoms with Crippen molar-refractivity contribution in [3.8, 4) is 23.0 Å². The van der Waals surface area contributed by atoms with Crippen molar-refractivity contribution in [1.82, 2.24) is 0 Å². The lowest BCUT2D eigenvalue weighted by Crippen LogP contribution is -1.95. The fourth-order valence-electron chi connectivity index (χ4n) is 1.93. The van der Waals surface area contributed by atoms with Gasteiger partial charge in [-0.2, -0.15) is 0 Å². The summed E-state index contributed by atoms with van der Waals surface area (Å²) in [6.07, 6.45) is 0. The molecule has 0 aromatic heterocycles. The number of rotatable bonds is 4. The van der Waals surface area contributed by atoms with Crippen LogP contribution >= 0.6 is 0 Å². The summed E-state index contributed by atoms with van der Waals surface area (Å²) in [6.45, 7) is 0. The Morgan fingerprint density at radius 2 is 0.952 bits per heavy atom. The maximum atomic E-state index is 6.13. The molecule has 21 heavy (non-hydrogen) atoms. The zero-order valence-corrected chi connectivity index (χ0v) is 11.4. The van der Waals surface area contributed by atoms with E-state index in [1.54, 1.807) is 0 Å². The Hall–Kier alpha value is -2.94. The van der Waals surface area contributed by atoms with Crippen LogP contribution in [-0.2, 0) is 0 Å². The molecule has 0 fully saturated rings. The second-order valence-corrected chi connectivity index (χ2v) is 4.50. The second kappa shape index (κ2) is 6.01. The fraction of sp³-hybridized carbons (Fsp3) is 0. The van der Waals surface area contributed by atoms with Crippen LogP contribution in [-0.4, -0.2) is 0 Å². The highest BCUT2D eigenvalue weighted by Crippen LogP contribution is 2.36. The van der Waals surface area contributed by atoms with Gasteiger partial charge in [0.1, 0.15) is 17.2 Å². The number of nitrogens with two attached hydrogens (primary N) is 1. The molecule has 3 nitrogen and oxygen atoms in total. The van der Waals surface area contributed by atoms with Crippen molar-refractivity contribution in [1.29, 1.82) is 0 Å². The molecule has 0 atom stereocenters. The van der Waals surface area contributed by atoms with Gasteiger partial charge in [-0.3, -0.25) is 0 Å². The lowest BCUT2D eigenvalue weighted by Gasteiger charge is -2.12. The first-order valence-corrected chi connectivity index (χ1v) is 6.67. The molecule has 0 unspecified atom stereocenters. The summed E-state index contributed by atoms with van der Waals surface area (Å²) in [5.41, 5.74) is 6.61. The summed E-state index contributed by atoms with van der Waals surface area (Å²) in [5.74, 6) is 2.63. The van der Waals surface area contributed by atoms with E-state index in [1.807, 2.05) is 78.9 Å². The maximum absolute atomic E-state index is 6.13. The number of para-hydroxylation sites is 3. The molecule has 104 valence electrons. The van der Waals surface area contributed by atoms with Gasteiger partial charge in [0.25, 0.3) is 0 Å². The normalized spacial score (nSPS) is 10.1. The molecule has 0 aliphatic rings. The largest absolute Gasteiger partial charge is 0.455 e. The van der Waals surface area contributed by atoms with Crippen LogP contribution < -0.4 is 15.2 Å². The van der Waals surface area contributed by atoms with Crippen molar-refractivity contribution in [2.45, 2.75) is 0 Å². The average Bonchev–Trinajstić information content (AvgIpc) is 2.53. The monoisotopic (exact) mass is 277 g/mol. The zero-order valence-electron chi connectivity index (χ0n) is 11.4. The molecule has 3 heteroatoms. The molecule has 3 aromatic carbocycles. The molecule has 0 aliphatic carbocycles. The van der Waals surface area contributed by atoms with Crippen LogP contribution in [0.3, 0.4) is 0 Å². The predicted octanol–water partition coefficient (Wildman–Crippen LogP) is 4.85. The Morgan fingerprint density at radius 3 is 1.38 bits per heavy atom. The van der Waals surface area contributed by atoms with Gasteiger partial charge in [-0.15, -0.1) is 0 Å². The third kappa shape index (κ3) is 3.15. The highest BCUT2D eigenvalue weighted by Gasteiger charge is 2.09. The SMILES string of the molecule is Nc1c(Oc2ccccc2)cccc1Oc1ccccc1. The molecule has 0 amide bonds. The van der Waals surface area contributed by atoms with Gasteiger partial charge in [0.05, 0.1) is 0 Å². The molecule has 0 saturated carbocycles. The van der Waals surface area contributed by atoms with Crippen LogP contribution in [0.4, 0.5) is 5.69 Å². The van der Waals surface area contributed by atoms with E-state index >= 15 is 0 Å². The third-order valence-corrected chi connectivity index (χ3v) is 2.97. The van der Waals surface area contributed by atoms with E-state index in [2.05, 4.69) is 0 Å². The van der Waals surface area contributed by atoms with Crippen LogP contribution in [0.1, 0.15) is 0 Å². The number of anilines is 1. The maximum Gasteiger partial charge on any atom is 0.154 e. The van der Waals surface area contributed by atoms with E-state index in [0.29, 0.717) is 17.2 Å². The van der Waals surface area contributed by atoms with Crippen molar-refractivity contribution in [2.75, 3.05) is 5.73 Å². The summed E-state index contributed by atoms with van der Waals surface area (Å²) >= 11 is 0. The Labute approximate surface area is 123 Å². The molecule has 0 heterocycles. The average molecular weight is 277 g/mol. The van der Waals surface area contributed by atoms with Crippen LogP contribution in [0.25, 0.3) is 0 Å². The minimum Gasteiger partial charge on any atom is -0.455 e. The molecule has 0 saturated heterocycles. The lowest BCUT2D eigenvalue weighted by atomic mass is 10.2. The van der Waals surface area contributed by atoms with E-state index in [1.165, 1.54) is 0 Å². The number of benzene rings is 3.